The normalized spacial score (nSPS) is 21.5. The van der Waals surface area contributed by atoms with Crippen molar-refractivity contribution in [2.24, 2.45) is 17.1 Å². The molecule has 1 aromatic rings. The van der Waals surface area contributed by atoms with Crippen LogP contribution in [-0.4, -0.2) is 21.5 Å². The quantitative estimate of drug-likeness (QED) is 0.777. The third kappa shape index (κ3) is 2.47. The summed E-state index contributed by atoms with van der Waals surface area (Å²) in [7, 11) is 0. The second-order valence-electron chi connectivity index (χ2n) is 4.90. The highest BCUT2D eigenvalue weighted by Crippen LogP contribution is 2.51. The summed E-state index contributed by atoms with van der Waals surface area (Å²) in [4.78, 5) is 8.67. The van der Waals surface area contributed by atoms with Gasteiger partial charge in [0.2, 0.25) is 5.95 Å². The molecule has 4 nitrogen and oxygen atoms in total. The number of nitrogens with two attached hydrogens (primary N) is 1. The van der Waals surface area contributed by atoms with Crippen LogP contribution in [0.15, 0.2) is 12.3 Å². The summed E-state index contributed by atoms with van der Waals surface area (Å²) in [5, 5.41) is 3.22. The number of thiocarbonyl (C=S) groups is 1. The van der Waals surface area contributed by atoms with Crippen molar-refractivity contribution < 1.29 is 0 Å². The molecule has 1 aliphatic carbocycles. The first-order chi connectivity index (χ1) is 7.49. The van der Waals surface area contributed by atoms with Crippen LogP contribution in [0.5, 0.6) is 0 Å². The SMILES string of the molecule is CC1(C)CC1CNc1nccc(C(N)=S)n1. The molecule has 0 bridgehead atoms. The van der Waals surface area contributed by atoms with Crippen molar-refractivity contribution in [2.45, 2.75) is 20.3 Å². The molecule has 1 heterocycles. The van der Waals surface area contributed by atoms with Gasteiger partial charge in [0.25, 0.3) is 0 Å². The van der Waals surface area contributed by atoms with Gasteiger partial charge in [-0.15, -0.1) is 0 Å². The van der Waals surface area contributed by atoms with E-state index in [0.29, 0.717) is 28.0 Å². The topological polar surface area (TPSA) is 63.8 Å². The predicted molar refractivity (Wildman–Crippen MR) is 68.3 cm³/mol. The summed E-state index contributed by atoms with van der Waals surface area (Å²) in [6.07, 6.45) is 2.93. The third-order valence-corrected chi connectivity index (χ3v) is 3.34. The number of hydrogen-bond acceptors (Lipinski definition) is 4. The number of nitrogens with zero attached hydrogens (tertiary/aromatic N) is 2. The first kappa shape index (κ1) is 11.3. The first-order valence-corrected chi connectivity index (χ1v) is 5.76. The van der Waals surface area contributed by atoms with E-state index in [2.05, 4.69) is 29.1 Å². The van der Waals surface area contributed by atoms with Crippen molar-refractivity contribution in [1.29, 1.82) is 0 Å². The number of hydrogen-bond donors (Lipinski definition) is 2. The van der Waals surface area contributed by atoms with Gasteiger partial charge in [-0.05, 0) is 23.8 Å². The van der Waals surface area contributed by atoms with Gasteiger partial charge < -0.3 is 11.1 Å². The molecule has 0 radical (unpaired) electrons. The van der Waals surface area contributed by atoms with E-state index in [4.69, 9.17) is 18.0 Å². The lowest BCUT2D eigenvalue weighted by Gasteiger charge is -2.06. The number of aromatic nitrogens is 2. The molecule has 1 fully saturated rings. The molecule has 5 heteroatoms. The van der Waals surface area contributed by atoms with Crippen molar-refractivity contribution in [3.8, 4) is 0 Å². The third-order valence-electron chi connectivity index (χ3n) is 3.13. The fraction of sp³-hybridized carbons (Fsp3) is 0.545. The number of anilines is 1. The molecular formula is C11H16N4S. The van der Waals surface area contributed by atoms with E-state index in [1.54, 1.807) is 12.3 Å². The van der Waals surface area contributed by atoms with Crippen molar-refractivity contribution in [3.63, 3.8) is 0 Å². The lowest BCUT2D eigenvalue weighted by molar-refractivity contribution is 0.572. The zero-order valence-corrected chi connectivity index (χ0v) is 10.3. The van der Waals surface area contributed by atoms with Gasteiger partial charge in [-0.3, -0.25) is 0 Å². The Labute approximate surface area is 101 Å². The summed E-state index contributed by atoms with van der Waals surface area (Å²) >= 11 is 4.87. The van der Waals surface area contributed by atoms with Gasteiger partial charge >= 0.3 is 0 Å². The summed E-state index contributed by atoms with van der Waals surface area (Å²) in [5.74, 6) is 1.32. The molecule has 0 aromatic carbocycles. The summed E-state index contributed by atoms with van der Waals surface area (Å²) < 4.78 is 0. The molecule has 0 amide bonds. The molecule has 86 valence electrons. The molecule has 0 saturated heterocycles. The van der Waals surface area contributed by atoms with E-state index in [1.807, 2.05) is 0 Å². The highest BCUT2D eigenvalue weighted by atomic mass is 32.1. The maximum Gasteiger partial charge on any atom is 0.223 e. The molecular weight excluding hydrogens is 220 g/mol. The lowest BCUT2D eigenvalue weighted by atomic mass is 10.1. The van der Waals surface area contributed by atoms with Gasteiger partial charge in [-0.2, -0.15) is 0 Å². The standard InChI is InChI=1S/C11H16N4S/c1-11(2)5-7(11)6-14-10-13-4-3-8(15-10)9(12)16/h3-4,7H,5-6H2,1-2H3,(H2,12,16)(H,13,14,15). The van der Waals surface area contributed by atoms with Crippen LogP contribution in [0, 0.1) is 11.3 Å². The van der Waals surface area contributed by atoms with Gasteiger partial charge in [0.1, 0.15) is 10.7 Å². The summed E-state index contributed by atoms with van der Waals surface area (Å²) in [6, 6.07) is 1.72. The fourth-order valence-corrected chi connectivity index (χ4v) is 1.83. The van der Waals surface area contributed by atoms with Crippen LogP contribution < -0.4 is 11.1 Å². The number of nitrogens with one attached hydrogen (secondary N) is 1. The van der Waals surface area contributed by atoms with E-state index in [0.717, 1.165) is 6.54 Å². The van der Waals surface area contributed by atoms with Gasteiger partial charge in [-0.1, -0.05) is 26.1 Å². The van der Waals surface area contributed by atoms with Gasteiger partial charge in [0, 0.05) is 12.7 Å². The average molecular weight is 236 g/mol. The number of rotatable bonds is 4. The van der Waals surface area contributed by atoms with Crippen LogP contribution in [0.2, 0.25) is 0 Å². The average Bonchev–Trinajstić information content (AvgIpc) is 2.84. The second-order valence-corrected chi connectivity index (χ2v) is 5.34. The first-order valence-electron chi connectivity index (χ1n) is 5.36. The lowest BCUT2D eigenvalue weighted by Crippen LogP contribution is -2.15. The minimum absolute atomic E-state index is 0.303. The van der Waals surface area contributed by atoms with Crippen LogP contribution >= 0.6 is 12.2 Å². The van der Waals surface area contributed by atoms with Crippen LogP contribution in [-0.2, 0) is 0 Å². The monoisotopic (exact) mass is 236 g/mol. The zero-order chi connectivity index (χ0) is 11.8. The van der Waals surface area contributed by atoms with Crippen molar-refractivity contribution in [2.75, 3.05) is 11.9 Å². The van der Waals surface area contributed by atoms with Crippen LogP contribution in [0.4, 0.5) is 5.95 Å². The molecule has 2 rings (SSSR count). The van der Waals surface area contributed by atoms with E-state index in [1.165, 1.54) is 6.42 Å². The van der Waals surface area contributed by atoms with Crippen molar-refractivity contribution in [1.82, 2.24) is 9.97 Å². The van der Waals surface area contributed by atoms with Gasteiger partial charge in [0.05, 0.1) is 0 Å². The van der Waals surface area contributed by atoms with E-state index in [-0.39, 0.29) is 0 Å². The largest absolute Gasteiger partial charge is 0.388 e. The molecule has 3 N–H and O–H groups in total. The zero-order valence-electron chi connectivity index (χ0n) is 9.53. The highest BCUT2D eigenvalue weighted by molar-refractivity contribution is 7.80. The Morgan fingerprint density at radius 1 is 1.69 bits per heavy atom. The molecule has 1 aliphatic rings. The Balaban J connectivity index is 1.95. The Kier molecular flexibility index (Phi) is 2.80. The van der Waals surface area contributed by atoms with Crippen LogP contribution in [0.25, 0.3) is 0 Å². The van der Waals surface area contributed by atoms with Crippen LogP contribution in [0.3, 0.4) is 0 Å². The van der Waals surface area contributed by atoms with Crippen molar-refractivity contribution >= 4 is 23.2 Å². The van der Waals surface area contributed by atoms with Crippen LogP contribution in [0.1, 0.15) is 26.0 Å². The predicted octanol–water partition coefficient (Wildman–Crippen LogP) is 1.57. The molecule has 1 saturated carbocycles. The van der Waals surface area contributed by atoms with Crippen molar-refractivity contribution in [3.05, 3.63) is 18.0 Å². The summed E-state index contributed by atoms with van der Waals surface area (Å²) in [6.45, 7) is 5.45. The maximum absolute atomic E-state index is 5.51. The maximum atomic E-state index is 5.51. The van der Waals surface area contributed by atoms with Gasteiger partial charge in [0.15, 0.2) is 0 Å². The van der Waals surface area contributed by atoms with E-state index in [9.17, 15) is 0 Å². The molecule has 1 unspecified atom stereocenters. The molecule has 0 aliphatic heterocycles. The van der Waals surface area contributed by atoms with E-state index < -0.39 is 0 Å². The van der Waals surface area contributed by atoms with E-state index >= 15 is 0 Å². The minimum atomic E-state index is 0.303. The molecule has 16 heavy (non-hydrogen) atoms. The molecule has 1 atom stereocenters. The Bertz CT molecular complexity index is 416. The Hall–Kier alpha value is -1.23. The molecule has 0 spiro atoms. The smallest absolute Gasteiger partial charge is 0.223 e. The second kappa shape index (κ2) is 3.97. The van der Waals surface area contributed by atoms with Gasteiger partial charge in [-0.25, -0.2) is 9.97 Å². The highest BCUT2D eigenvalue weighted by Gasteiger charge is 2.45. The minimum Gasteiger partial charge on any atom is -0.388 e. The fourth-order valence-electron chi connectivity index (χ4n) is 1.72. The Morgan fingerprint density at radius 2 is 2.38 bits per heavy atom. The summed E-state index contributed by atoms with van der Waals surface area (Å²) in [5.41, 5.74) is 6.59. The Morgan fingerprint density at radius 3 is 2.94 bits per heavy atom. The molecule has 1 aromatic heterocycles.